The Balaban J connectivity index is 2.15. The Kier molecular flexibility index (Phi) is 5.77. The van der Waals surface area contributed by atoms with Gasteiger partial charge < -0.3 is 5.32 Å². The molecule has 2 rings (SSSR count). The predicted octanol–water partition coefficient (Wildman–Crippen LogP) is 3.46. The van der Waals surface area contributed by atoms with Crippen molar-refractivity contribution in [2.45, 2.75) is 38.9 Å². The molecule has 1 saturated heterocycles. The van der Waals surface area contributed by atoms with Crippen LogP contribution in [0.1, 0.15) is 32.3 Å². The number of halogens is 3. The molecule has 8 heteroatoms. The van der Waals surface area contributed by atoms with Crippen LogP contribution >= 0.6 is 0 Å². The largest absolute Gasteiger partial charge is 0.416 e. The van der Waals surface area contributed by atoms with Crippen LogP contribution in [-0.4, -0.2) is 35.1 Å². The maximum Gasteiger partial charge on any atom is 0.416 e. The van der Waals surface area contributed by atoms with Crippen molar-refractivity contribution in [3.63, 3.8) is 0 Å². The van der Waals surface area contributed by atoms with Crippen LogP contribution in [0.15, 0.2) is 24.3 Å². The van der Waals surface area contributed by atoms with E-state index in [0.717, 1.165) is 12.1 Å². The van der Waals surface area contributed by atoms with Crippen molar-refractivity contribution in [1.29, 1.82) is 5.26 Å². The molecule has 1 unspecified atom stereocenters. The Hall–Kier alpha value is -2.43. The lowest BCUT2D eigenvalue weighted by molar-refractivity contribution is -0.141. The summed E-state index contributed by atoms with van der Waals surface area (Å²) in [6.07, 6.45) is -1.19. The number of carbonyl (C=O) groups excluding carboxylic acids is 1. The summed E-state index contributed by atoms with van der Waals surface area (Å²) < 4.78 is 38.0. The lowest BCUT2D eigenvalue weighted by Gasteiger charge is -2.29. The lowest BCUT2D eigenvalue weighted by atomic mass is 10.0. The van der Waals surface area contributed by atoms with E-state index in [2.05, 4.69) is 5.32 Å². The van der Waals surface area contributed by atoms with Crippen LogP contribution < -0.4 is 5.32 Å². The number of amides is 1. The second-order valence-corrected chi connectivity index (χ2v) is 6.44. The molecule has 1 aliphatic rings. The fourth-order valence-corrected chi connectivity index (χ4v) is 2.77. The van der Waals surface area contributed by atoms with Gasteiger partial charge in [0.25, 0.3) is 5.91 Å². The molecule has 0 bridgehead atoms. The molecular weight excluding hydrogens is 333 g/mol. The van der Waals surface area contributed by atoms with Gasteiger partial charge in [-0.05, 0) is 43.0 Å². The van der Waals surface area contributed by atoms with E-state index in [4.69, 9.17) is 5.26 Å². The second-order valence-electron chi connectivity index (χ2n) is 6.44. The van der Waals surface area contributed by atoms with Gasteiger partial charge in [-0.15, -0.1) is 0 Å². The van der Waals surface area contributed by atoms with Crippen molar-refractivity contribution in [3.8, 4) is 6.19 Å². The number of nitrogens with zero attached hydrogens (tertiary/aromatic N) is 3. The smallest absolute Gasteiger partial charge is 0.374 e. The highest BCUT2D eigenvalue weighted by Crippen LogP contribution is 2.30. The summed E-state index contributed by atoms with van der Waals surface area (Å²) in [6.45, 7) is 4.88. The van der Waals surface area contributed by atoms with Crippen LogP contribution in [0.25, 0.3) is 0 Å². The number of nitrogens with one attached hydrogen (secondary N) is 1. The average molecular weight is 354 g/mol. The zero-order valence-electron chi connectivity index (χ0n) is 14.2. The van der Waals surface area contributed by atoms with Crippen molar-refractivity contribution in [3.05, 3.63) is 29.8 Å². The Morgan fingerprint density at radius 3 is 2.44 bits per heavy atom. The van der Waals surface area contributed by atoms with Gasteiger partial charge in [-0.3, -0.25) is 4.79 Å². The van der Waals surface area contributed by atoms with Gasteiger partial charge in [-0.1, -0.05) is 13.8 Å². The van der Waals surface area contributed by atoms with Crippen LogP contribution in [-0.2, 0) is 11.0 Å². The van der Waals surface area contributed by atoms with Crippen molar-refractivity contribution in [2.75, 3.05) is 18.4 Å². The van der Waals surface area contributed by atoms with Gasteiger partial charge in [0.1, 0.15) is 6.04 Å². The number of anilines is 1. The first-order valence-electron chi connectivity index (χ1n) is 8.14. The third kappa shape index (κ3) is 4.78. The predicted molar refractivity (Wildman–Crippen MR) is 87.0 cm³/mol. The fourth-order valence-electron chi connectivity index (χ4n) is 2.77. The van der Waals surface area contributed by atoms with Gasteiger partial charge in [0.2, 0.25) is 0 Å². The van der Waals surface area contributed by atoms with Crippen molar-refractivity contribution >= 4 is 11.6 Å². The van der Waals surface area contributed by atoms with Crippen molar-refractivity contribution < 1.29 is 18.0 Å². The first kappa shape index (κ1) is 18.9. The second kappa shape index (κ2) is 7.64. The average Bonchev–Trinajstić information content (AvgIpc) is 3.01. The molecule has 1 amide bonds. The topological polar surface area (TPSA) is 59.4 Å². The summed E-state index contributed by atoms with van der Waals surface area (Å²) in [5.74, 6) is -0.0401. The molecule has 0 radical (unpaired) electrons. The molecule has 1 fully saturated rings. The molecule has 0 saturated carbocycles. The summed E-state index contributed by atoms with van der Waals surface area (Å²) in [7, 11) is 0. The molecule has 1 aliphatic heterocycles. The Bertz CT molecular complexity index is 637. The van der Waals surface area contributed by atoms with E-state index < -0.39 is 17.8 Å². The summed E-state index contributed by atoms with van der Waals surface area (Å²) in [5, 5.41) is 14.8. The summed E-state index contributed by atoms with van der Waals surface area (Å²) in [4.78, 5) is 12.8. The van der Waals surface area contributed by atoms with Gasteiger partial charge in [0, 0.05) is 12.2 Å². The van der Waals surface area contributed by atoms with E-state index >= 15 is 0 Å². The van der Waals surface area contributed by atoms with E-state index in [-0.39, 0.29) is 11.8 Å². The highest BCUT2D eigenvalue weighted by Gasteiger charge is 2.33. The van der Waals surface area contributed by atoms with Gasteiger partial charge in [0.05, 0.1) is 12.1 Å². The third-order valence-corrected chi connectivity index (χ3v) is 3.96. The number of hydrazine groups is 1. The number of carbonyl (C=O) groups is 1. The van der Waals surface area contributed by atoms with Gasteiger partial charge in [0.15, 0.2) is 6.19 Å². The minimum absolute atomic E-state index is 0.203. The number of alkyl halides is 3. The minimum Gasteiger partial charge on any atom is -0.374 e. The summed E-state index contributed by atoms with van der Waals surface area (Å²) in [5.41, 5.74) is -0.297. The summed E-state index contributed by atoms with van der Waals surface area (Å²) >= 11 is 0. The van der Waals surface area contributed by atoms with E-state index in [1.807, 2.05) is 20.0 Å². The SMILES string of the molecule is CC(C)CC(Nc1ccc(C(F)(F)F)cc1)C(=O)N1CCCN1C#N. The van der Waals surface area contributed by atoms with Crippen LogP contribution in [0.5, 0.6) is 0 Å². The van der Waals surface area contributed by atoms with E-state index in [1.165, 1.54) is 22.2 Å². The van der Waals surface area contributed by atoms with E-state index in [1.54, 1.807) is 0 Å². The van der Waals surface area contributed by atoms with Crippen LogP contribution in [0.2, 0.25) is 0 Å². The van der Waals surface area contributed by atoms with Gasteiger partial charge in [-0.2, -0.15) is 18.4 Å². The number of benzene rings is 1. The standard InChI is InChI=1S/C17H21F3N4O/c1-12(2)10-15(16(25)24-9-3-8-23(24)11-21)22-14-6-4-13(5-7-14)17(18,19)20/h4-7,12,15,22H,3,8-10H2,1-2H3. The zero-order chi connectivity index (χ0) is 18.6. The third-order valence-electron chi connectivity index (χ3n) is 3.96. The maximum atomic E-state index is 12.8. The first-order valence-corrected chi connectivity index (χ1v) is 8.14. The summed E-state index contributed by atoms with van der Waals surface area (Å²) in [6, 6.07) is 3.99. The molecule has 136 valence electrons. The Morgan fingerprint density at radius 2 is 1.92 bits per heavy atom. The van der Waals surface area contributed by atoms with Gasteiger partial charge >= 0.3 is 6.18 Å². The molecule has 0 aromatic heterocycles. The normalized spacial score (nSPS) is 16.0. The Labute approximate surface area is 145 Å². The fraction of sp³-hybridized carbons (Fsp3) is 0.529. The van der Waals surface area contributed by atoms with Crippen molar-refractivity contribution in [2.24, 2.45) is 5.92 Å². The maximum absolute atomic E-state index is 12.8. The van der Waals surface area contributed by atoms with E-state index in [9.17, 15) is 18.0 Å². The zero-order valence-corrected chi connectivity index (χ0v) is 14.2. The molecular formula is C17H21F3N4O. The Morgan fingerprint density at radius 1 is 1.28 bits per heavy atom. The molecule has 25 heavy (non-hydrogen) atoms. The van der Waals surface area contributed by atoms with Crippen LogP contribution in [0.3, 0.4) is 0 Å². The molecule has 1 aromatic rings. The van der Waals surface area contributed by atoms with E-state index in [0.29, 0.717) is 31.6 Å². The molecule has 1 aromatic carbocycles. The molecule has 1 N–H and O–H groups in total. The molecule has 1 heterocycles. The quantitative estimate of drug-likeness (QED) is 0.823. The number of rotatable bonds is 5. The lowest BCUT2D eigenvalue weighted by Crippen LogP contribution is -2.47. The molecule has 1 atom stereocenters. The van der Waals surface area contributed by atoms with Gasteiger partial charge in [-0.25, -0.2) is 10.0 Å². The van der Waals surface area contributed by atoms with Crippen LogP contribution in [0.4, 0.5) is 18.9 Å². The van der Waals surface area contributed by atoms with Crippen molar-refractivity contribution in [1.82, 2.24) is 10.0 Å². The monoisotopic (exact) mass is 354 g/mol. The number of hydrogen-bond donors (Lipinski definition) is 1. The molecule has 5 nitrogen and oxygen atoms in total. The number of nitriles is 1. The first-order chi connectivity index (χ1) is 11.7. The molecule has 0 aliphatic carbocycles. The van der Waals surface area contributed by atoms with Crippen LogP contribution in [0, 0.1) is 17.4 Å². The molecule has 0 spiro atoms. The minimum atomic E-state index is -4.39. The highest BCUT2D eigenvalue weighted by molar-refractivity contribution is 5.84. The highest BCUT2D eigenvalue weighted by atomic mass is 19.4. The number of hydrogen-bond acceptors (Lipinski definition) is 4.